The molecule has 3 nitrogen and oxygen atoms in total. The maximum Gasteiger partial charge on any atom is 0.238 e. The van der Waals surface area contributed by atoms with E-state index in [4.69, 9.17) is 0 Å². The smallest absolute Gasteiger partial charge is 0.238 e. The van der Waals surface area contributed by atoms with Crippen LogP contribution in [0.5, 0.6) is 0 Å². The third-order valence-electron chi connectivity index (χ3n) is 3.23. The first-order valence-electron chi connectivity index (χ1n) is 7.02. The van der Waals surface area contributed by atoms with E-state index in [0.717, 1.165) is 12.0 Å². The number of benzene rings is 2. The summed E-state index contributed by atoms with van der Waals surface area (Å²) in [6.07, 6.45) is 0.886. The molecule has 4 heteroatoms. The Bertz CT molecular complexity index is 586. The van der Waals surface area contributed by atoms with E-state index in [-0.39, 0.29) is 24.3 Å². The van der Waals surface area contributed by atoms with Crippen LogP contribution < -0.4 is 10.6 Å². The fraction of sp³-hybridized carbons (Fsp3) is 0.235. The quantitative estimate of drug-likeness (QED) is 0.853. The summed E-state index contributed by atoms with van der Waals surface area (Å²) < 4.78 is 13.0. The molecule has 0 aliphatic heterocycles. The van der Waals surface area contributed by atoms with E-state index < -0.39 is 0 Å². The topological polar surface area (TPSA) is 41.1 Å². The molecule has 1 amide bonds. The summed E-state index contributed by atoms with van der Waals surface area (Å²) in [4.78, 5) is 11.9. The highest BCUT2D eigenvalue weighted by molar-refractivity contribution is 5.92. The van der Waals surface area contributed by atoms with Gasteiger partial charge in [0.2, 0.25) is 5.91 Å². The molecule has 2 rings (SSSR count). The lowest BCUT2D eigenvalue weighted by molar-refractivity contribution is -0.115. The fourth-order valence-electron chi connectivity index (χ4n) is 2.17. The van der Waals surface area contributed by atoms with Crippen LogP contribution >= 0.6 is 0 Å². The number of hydrogen-bond acceptors (Lipinski definition) is 2. The standard InChI is InChI=1S/C17H19FN2O/c1-2-16(13-7-4-3-5-8-13)19-12-17(21)20-15-10-6-9-14(18)11-15/h3-11,16,19H,2,12H2,1H3,(H,20,21). The molecule has 2 aromatic rings. The molecule has 0 radical (unpaired) electrons. The molecular formula is C17H19FN2O. The van der Waals surface area contributed by atoms with Gasteiger partial charge in [0, 0.05) is 11.7 Å². The number of rotatable bonds is 6. The predicted octanol–water partition coefficient (Wildman–Crippen LogP) is 3.51. The van der Waals surface area contributed by atoms with Crippen molar-refractivity contribution in [2.45, 2.75) is 19.4 Å². The van der Waals surface area contributed by atoms with Gasteiger partial charge in [-0.1, -0.05) is 43.3 Å². The molecule has 21 heavy (non-hydrogen) atoms. The second kappa shape index (κ2) is 7.55. The largest absolute Gasteiger partial charge is 0.325 e. The van der Waals surface area contributed by atoms with Gasteiger partial charge >= 0.3 is 0 Å². The van der Waals surface area contributed by atoms with Gasteiger partial charge in [0.25, 0.3) is 0 Å². The van der Waals surface area contributed by atoms with Crippen LogP contribution in [-0.2, 0) is 4.79 Å². The van der Waals surface area contributed by atoms with E-state index in [9.17, 15) is 9.18 Å². The van der Waals surface area contributed by atoms with Crippen molar-refractivity contribution in [2.24, 2.45) is 0 Å². The summed E-state index contributed by atoms with van der Waals surface area (Å²) in [5.41, 5.74) is 1.62. The first kappa shape index (κ1) is 15.2. The van der Waals surface area contributed by atoms with E-state index in [1.165, 1.54) is 12.1 Å². The maximum atomic E-state index is 13.0. The molecule has 0 aliphatic carbocycles. The molecule has 2 aromatic carbocycles. The number of anilines is 1. The summed E-state index contributed by atoms with van der Waals surface area (Å²) in [7, 11) is 0. The van der Waals surface area contributed by atoms with E-state index in [0.29, 0.717) is 5.69 Å². The average Bonchev–Trinajstić information content (AvgIpc) is 2.49. The van der Waals surface area contributed by atoms with Gasteiger partial charge in [-0.05, 0) is 30.2 Å². The van der Waals surface area contributed by atoms with Crippen molar-refractivity contribution in [3.63, 3.8) is 0 Å². The Balaban J connectivity index is 1.88. The second-order valence-electron chi connectivity index (χ2n) is 4.81. The highest BCUT2D eigenvalue weighted by Gasteiger charge is 2.10. The minimum absolute atomic E-state index is 0.129. The summed E-state index contributed by atoms with van der Waals surface area (Å²) in [5, 5.41) is 5.89. The number of carbonyl (C=O) groups excluding carboxylic acids is 1. The van der Waals surface area contributed by atoms with Crippen molar-refractivity contribution in [2.75, 3.05) is 11.9 Å². The zero-order valence-electron chi connectivity index (χ0n) is 12.0. The van der Waals surface area contributed by atoms with Crippen molar-refractivity contribution in [3.05, 3.63) is 66.0 Å². The van der Waals surface area contributed by atoms with Crippen LogP contribution in [0, 0.1) is 5.82 Å². The SMILES string of the molecule is CCC(NCC(=O)Nc1cccc(F)c1)c1ccccc1. The molecule has 0 aliphatic rings. The van der Waals surface area contributed by atoms with Crippen LogP contribution in [0.2, 0.25) is 0 Å². The van der Waals surface area contributed by atoms with Crippen molar-refractivity contribution >= 4 is 11.6 Å². The van der Waals surface area contributed by atoms with Gasteiger partial charge in [-0.3, -0.25) is 4.79 Å². The highest BCUT2D eigenvalue weighted by atomic mass is 19.1. The number of halogens is 1. The number of amides is 1. The van der Waals surface area contributed by atoms with Gasteiger partial charge in [0.05, 0.1) is 6.54 Å². The first-order valence-corrected chi connectivity index (χ1v) is 7.02. The minimum Gasteiger partial charge on any atom is -0.325 e. The summed E-state index contributed by atoms with van der Waals surface area (Å²) >= 11 is 0. The molecule has 0 saturated carbocycles. The van der Waals surface area contributed by atoms with Gasteiger partial charge in [-0.25, -0.2) is 4.39 Å². The third-order valence-corrected chi connectivity index (χ3v) is 3.23. The van der Waals surface area contributed by atoms with Gasteiger partial charge in [0.1, 0.15) is 5.82 Å². The molecule has 2 N–H and O–H groups in total. The predicted molar refractivity (Wildman–Crippen MR) is 82.5 cm³/mol. The monoisotopic (exact) mass is 286 g/mol. The van der Waals surface area contributed by atoms with Crippen molar-refractivity contribution in [3.8, 4) is 0 Å². The molecule has 1 atom stereocenters. The number of hydrogen-bond donors (Lipinski definition) is 2. The Hall–Kier alpha value is -2.20. The van der Waals surface area contributed by atoms with Crippen molar-refractivity contribution < 1.29 is 9.18 Å². The van der Waals surface area contributed by atoms with Crippen LogP contribution in [0.4, 0.5) is 10.1 Å². The minimum atomic E-state index is -0.364. The molecule has 0 spiro atoms. The zero-order chi connectivity index (χ0) is 15.1. The first-order chi connectivity index (χ1) is 10.2. The fourth-order valence-corrected chi connectivity index (χ4v) is 2.17. The van der Waals surface area contributed by atoms with Crippen LogP contribution in [0.3, 0.4) is 0 Å². The highest BCUT2D eigenvalue weighted by Crippen LogP contribution is 2.15. The Morgan fingerprint density at radius 2 is 1.90 bits per heavy atom. The average molecular weight is 286 g/mol. The van der Waals surface area contributed by atoms with Crippen molar-refractivity contribution in [1.29, 1.82) is 0 Å². The lowest BCUT2D eigenvalue weighted by Gasteiger charge is -2.17. The van der Waals surface area contributed by atoms with E-state index in [2.05, 4.69) is 17.6 Å². The Morgan fingerprint density at radius 1 is 1.14 bits per heavy atom. The van der Waals surface area contributed by atoms with Crippen molar-refractivity contribution in [1.82, 2.24) is 5.32 Å². The summed E-state index contributed by atoms with van der Waals surface area (Å²) in [6.45, 7) is 2.25. The van der Waals surface area contributed by atoms with Crippen LogP contribution in [0.1, 0.15) is 24.9 Å². The normalized spacial score (nSPS) is 11.9. The van der Waals surface area contributed by atoms with E-state index in [1.54, 1.807) is 12.1 Å². The van der Waals surface area contributed by atoms with Crippen LogP contribution in [0.25, 0.3) is 0 Å². The lowest BCUT2D eigenvalue weighted by Crippen LogP contribution is -2.31. The Kier molecular flexibility index (Phi) is 5.46. The third kappa shape index (κ3) is 4.68. The molecule has 0 bridgehead atoms. The van der Waals surface area contributed by atoms with Gasteiger partial charge in [-0.2, -0.15) is 0 Å². The zero-order valence-corrected chi connectivity index (χ0v) is 12.0. The molecule has 0 heterocycles. The summed E-state index contributed by atoms with van der Waals surface area (Å²) in [6, 6.07) is 16.0. The molecule has 0 fully saturated rings. The molecule has 1 unspecified atom stereocenters. The Labute approximate surface area is 124 Å². The molecule has 0 aromatic heterocycles. The van der Waals surface area contributed by atoms with Gasteiger partial charge < -0.3 is 10.6 Å². The van der Waals surface area contributed by atoms with Gasteiger partial charge in [0.15, 0.2) is 0 Å². The van der Waals surface area contributed by atoms with Gasteiger partial charge in [-0.15, -0.1) is 0 Å². The molecular weight excluding hydrogens is 267 g/mol. The maximum absolute atomic E-state index is 13.0. The molecule has 110 valence electrons. The van der Waals surface area contributed by atoms with Crippen LogP contribution in [0.15, 0.2) is 54.6 Å². The number of nitrogens with one attached hydrogen (secondary N) is 2. The van der Waals surface area contributed by atoms with E-state index >= 15 is 0 Å². The Morgan fingerprint density at radius 3 is 2.57 bits per heavy atom. The second-order valence-corrected chi connectivity index (χ2v) is 4.81. The lowest BCUT2D eigenvalue weighted by atomic mass is 10.0. The van der Waals surface area contributed by atoms with E-state index in [1.807, 2.05) is 30.3 Å². The molecule has 0 saturated heterocycles. The number of carbonyl (C=O) groups is 1. The van der Waals surface area contributed by atoms with Crippen LogP contribution in [-0.4, -0.2) is 12.5 Å². The summed E-state index contributed by atoms with van der Waals surface area (Å²) in [5.74, 6) is -0.550.